The Morgan fingerprint density at radius 3 is 3.20 bits per heavy atom. The quantitative estimate of drug-likeness (QED) is 0.780. The molecule has 1 aromatic heterocycles. The average molecular weight is 227 g/mol. The van der Waals surface area contributed by atoms with Crippen molar-refractivity contribution >= 4 is 11.6 Å². The van der Waals surface area contributed by atoms with Crippen LogP contribution in [0.4, 0.5) is 0 Å². The summed E-state index contributed by atoms with van der Waals surface area (Å²) in [6.45, 7) is 2.66. The van der Waals surface area contributed by atoms with Crippen LogP contribution in [0.15, 0.2) is 18.3 Å². The number of rotatable bonds is 2. The van der Waals surface area contributed by atoms with Crippen LogP contribution >= 0.6 is 11.6 Å². The van der Waals surface area contributed by atoms with Crippen LogP contribution in [0.25, 0.3) is 0 Å². The SMILES string of the molecule is O[C@H]1CCCN(Cc2ccnc(Cl)c2)C1. The summed E-state index contributed by atoms with van der Waals surface area (Å²) in [5.41, 5.74) is 1.16. The van der Waals surface area contributed by atoms with Crippen LogP contribution in [0, 0.1) is 0 Å². The van der Waals surface area contributed by atoms with Crippen LogP contribution in [-0.2, 0) is 6.54 Å². The number of aliphatic hydroxyl groups is 1. The van der Waals surface area contributed by atoms with Crippen LogP contribution in [-0.4, -0.2) is 34.2 Å². The molecular weight excluding hydrogens is 212 g/mol. The van der Waals surface area contributed by atoms with Crippen molar-refractivity contribution in [1.82, 2.24) is 9.88 Å². The van der Waals surface area contributed by atoms with Gasteiger partial charge >= 0.3 is 0 Å². The zero-order valence-corrected chi connectivity index (χ0v) is 9.32. The van der Waals surface area contributed by atoms with E-state index in [1.807, 2.05) is 12.1 Å². The van der Waals surface area contributed by atoms with Crippen molar-refractivity contribution in [3.8, 4) is 0 Å². The number of hydrogen-bond acceptors (Lipinski definition) is 3. The Bertz CT molecular complexity index is 332. The minimum Gasteiger partial charge on any atom is -0.392 e. The standard InChI is InChI=1S/C11H15ClN2O/c12-11-6-9(3-4-13-11)7-14-5-1-2-10(15)8-14/h3-4,6,10,15H,1-2,5,7-8H2/t10-/m0/s1. The second kappa shape index (κ2) is 4.92. The topological polar surface area (TPSA) is 36.4 Å². The molecule has 1 aromatic rings. The van der Waals surface area contributed by atoms with Gasteiger partial charge in [-0.05, 0) is 37.1 Å². The van der Waals surface area contributed by atoms with E-state index in [-0.39, 0.29) is 6.10 Å². The van der Waals surface area contributed by atoms with Crippen molar-refractivity contribution in [3.63, 3.8) is 0 Å². The van der Waals surface area contributed by atoms with Crippen molar-refractivity contribution < 1.29 is 5.11 Å². The van der Waals surface area contributed by atoms with E-state index >= 15 is 0 Å². The third kappa shape index (κ3) is 3.16. The molecule has 82 valence electrons. The van der Waals surface area contributed by atoms with E-state index in [2.05, 4.69) is 9.88 Å². The first kappa shape index (κ1) is 10.9. The zero-order valence-electron chi connectivity index (χ0n) is 8.56. The Labute approximate surface area is 94.7 Å². The predicted octanol–water partition coefficient (Wildman–Crippen LogP) is 1.69. The largest absolute Gasteiger partial charge is 0.392 e. The maximum atomic E-state index is 9.53. The molecule has 0 spiro atoms. The molecule has 0 radical (unpaired) electrons. The number of nitrogens with zero attached hydrogens (tertiary/aromatic N) is 2. The summed E-state index contributed by atoms with van der Waals surface area (Å²) < 4.78 is 0. The Morgan fingerprint density at radius 1 is 1.60 bits per heavy atom. The molecule has 1 aliphatic rings. The van der Waals surface area contributed by atoms with Crippen LogP contribution in [0.1, 0.15) is 18.4 Å². The molecule has 1 saturated heterocycles. The summed E-state index contributed by atoms with van der Waals surface area (Å²) >= 11 is 5.81. The third-order valence-electron chi connectivity index (χ3n) is 2.68. The zero-order chi connectivity index (χ0) is 10.7. The molecule has 1 N–H and O–H groups in total. The number of aliphatic hydroxyl groups excluding tert-OH is 1. The number of hydrogen-bond donors (Lipinski definition) is 1. The summed E-state index contributed by atoms with van der Waals surface area (Å²) in [4.78, 5) is 6.20. The second-order valence-electron chi connectivity index (χ2n) is 4.02. The van der Waals surface area contributed by atoms with E-state index in [0.29, 0.717) is 5.15 Å². The van der Waals surface area contributed by atoms with E-state index in [4.69, 9.17) is 11.6 Å². The molecule has 0 bridgehead atoms. The van der Waals surface area contributed by atoms with Crippen LogP contribution < -0.4 is 0 Å². The molecule has 2 heterocycles. The Morgan fingerprint density at radius 2 is 2.47 bits per heavy atom. The monoisotopic (exact) mass is 226 g/mol. The first-order valence-electron chi connectivity index (χ1n) is 5.25. The Hall–Kier alpha value is -0.640. The van der Waals surface area contributed by atoms with Crippen molar-refractivity contribution in [2.75, 3.05) is 13.1 Å². The van der Waals surface area contributed by atoms with Crippen molar-refractivity contribution in [1.29, 1.82) is 0 Å². The molecule has 1 aliphatic heterocycles. The fourth-order valence-corrected chi connectivity index (χ4v) is 2.17. The van der Waals surface area contributed by atoms with Crippen LogP contribution in [0.5, 0.6) is 0 Å². The summed E-state index contributed by atoms with van der Waals surface area (Å²) in [7, 11) is 0. The lowest BCUT2D eigenvalue weighted by molar-refractivity contribution is 0.0668. The lowest BCUT2D eigenvalue weighted by atomic mass is 10.1. The van der Waals surface area contributed by atoms with Gasteiger partial charge in [0.15, 0.2) is 0 Å². The van der Waals surface area contributed by atoms with Crippen molar-refractivity contribution in [3.05, 3.63) is 29.0 Å². The summed E-state index contributed by atoms with van der Waals surface area (Å²) in [5, 5.41) is 10.1. The average Bonchev–Trinajstić information content (AvgIpc) is 2.17. The number of halogens is 1. The minimum absolute atomic E-state index is 0.170. The highest BCUT2D eigenvalue weighted by atomic mass is 35.5. The van der Waals surface area contributed by atoms with Gasteiger partial charge in [-0.2, -0.15) is 0 Å². The number of likely N-dealkylation sites (tertiary alicyclic amines) is 1. The van der Waals surface area contributed by atoms with Crippen molar-refractivity contribution in [2.45, 2.75) is 25.5 Å². The van der Waals surface area contributed by atoms with Gasteiger partial charge in [0.1, 0.15) is 5.15 Å². The Kier molecular flexibility index (Phi) is 3.57. The van der Waals surface area contributed by atoms with Gasteiger partial charge in [-0.15, -0.1) is 0 Å². The van der Waals surface area contributed by atoms with Gasteiger partial charge < -0.3 is 5.11 Å². The molecule has 0 amide bonds. The smallest absolute Gasteiger partial charge is 0.129 e. The minimum atomic E-state index is -0.170. The molecule has 3 nitrogen and oxygen atoms in total. The molecule has 2 rings (SSSR count). The fourth-order valence-electron chi connectivity index (χ4n) is 1.97. The number of pyridine rings is 1. The van der Waals surface area contributed by atoms with Gasteiger partial charge in [0.25, 0.3) is 0 Å². The lowest BCUT2D eigenvalue weighted by Gasteiger charge is -2.29. The maximum Gasteiger partial charge on any atom is 0.129 e. The van der Waals surface area contributed by atoms with Crippen molar-refractivity contribution in [2.24, 2.45) is 0 Å². The summed E-state index contributed by atoms with van der Waals surface area (Å²) in [6, 6.07) is 3.84. The molecule has 0 aliphatic carbocycles. The van der Waals surface area contributed by atoms with Gasteiger partial charge in [-0.25, -0.2) is 4.98 Å². The van der Waals surface area contributed by atoms with E-state index < -0.39 is 0 Å². The molecule has 1 atom stereocenters. The van der Waals surface area contributed by atoms with E-state index in [0.717, 1.165) is 38.0 Å². The van der Waals surface area contributed by atoms with Gasteiger partial charge in [-0.1, -0.05) is 11.6 Å². The summed E-state index contributed by atoms with van der Waals surface area (Å²) in [6.07, 6.45) is 3.54. The van der Waals surface area contributed by atoms with Crippen LogP contribution in [0.3, 0.4) is 0 Å². The highest BCUT2D eigenvalue weighted by Gasteiger charge is 2.17. The molecule has 4 heteroatoms. The third-order valence-corrected chi connectivity index (χ3v) is 2.88. The molecule has 1 fully saturated rings. The number of piperidine rings is 1. The second-order valence-corrected chi connectivity index (χ2v) is 4.41. The molecule has 0 aromatic carbocycles. The molecule has 0 saturated carbocycles. The molecule has 15 heavy (non-hydrogen) atoms. The summed E-state index contributed by atoms with van der Waals surface area (Å²) in [5.74, 6) is 0. The van der Waals surface area contributed by atoms with E-state index in [1.165, 1.54) is 0 Å². The van der Waals surface area contributed by atoms with Gasteiger partial charge in [-0.3, -0.25) is 4.90 Å². The van der Waals surface area contributed by atoms with Gasteiger partial charge in [0, 0.05) is 19.3 Å². The first-order chi connectivity index (χ1) is 7.24. The van der Waals surface area contributed by atoms with Gasteiger partial charge in [0.05, 0.1) is 6.10 Å². The highest BCUT2D eigenvalue weighted by molar-refractivity contribution is 6.29. The predicted molar refractivity (Wildman–Crippen MR) is 59.8 cm³/mol. The normalized spacial score (nSPS) is 22.9. The fraction of sp³-hybridized carbons (Fsp3) is 0.545. The van der Waals surface area contributed by atoms with Gasteiger partial charge in [0.2, 0.25) is 0 Å². The molecular formula is C11H15ClN2O. The highest BCUT2D eigenvalue weighted by Crippen LogP contribution is 2.14. The first-order valence-corrected chi connectivity index (χ1v) is 5.63. The maximum absolute atomic E-state index is 9.53. The van der Waals surface area contributed by atoms with E-state index in [9.17, 15) is 5.11 Å². The van der Waals surface area contributed by atoms with Crippen LogP contribution in [0.2, 0.25) is 5.15 Å². The number of aromatic nitrogens is 1. The van der Waals surface area contributed by atoms with E-state index in [1.54, 1.807) is 6.20 Å². The lowest BCUT2D eigenvalue weighted by Crippen LogP contribution is -2.37. The number of β-amino-alcohol motifs (C(OH)–C–C–N with tert-alkyl or cyclic N) is 1. The Balaban J connectivity index is 1.96. The molecule has 0 unspecified atom stereocenters.